The number of rotatable bonds is 3. The van der Waals surface area contributed by atoms with Gasteiger partial charge in [-0.25, -0.2) is 0 Å². The molecule has 1 amide bonds. The number of amides is 1. The first-order valence-corrected chi connectivity index (χ1v) is 4.48. The fourth-order valence-corrected chi connectivity index (χ4v) is 1.11. The van der Waals surface area contributed by atoms with Gasteiger partial charge in [-0.2, -0.15) is 8.78 Å². The molecule has 0 aliphatic carbocycles. The lowest BCUT2D eigenvalue weighted by Gasteiger charge is -2.24. The summed E-state index contributed by atoms with van der Waals surface area (Å²) in [5.41, 5.74) is 0. The third kappa shape index (κ3) is 3.55. The van der Waals surface area contributed by atoms with Crippen LogP contribution in [0.1, 0.15) is 6.92 Å². The third-order valence-corrected chi connectivity index (χ3v) is 1.89. The van der Waals surface area contributed by atoms with E-state index in [1.807, 2.05) is 0 Å². The van der Waals surface area contributed by atoms with Gasteiger partial charge in [0.15, 0.2) is 0 Å². The van der Waals surface area contributed by atoms with Crippen molar-refractivity contribution in [1.82, 2.24) is 10.6 Å². The molecule has 1 heterocycles. The van der Waals surface area contributed by atoms with E-state index in [1.165, 1.54) is 0 Å². The molecule has 82 valence electrons. The Morgan fingerprint density at radius 2 is 2.43 bits per heavy atom. The van der Waals surface area contributed by atoms with Gasteiger partial charge in [0.1, 0.15) is 0 Å². The number of halogens is 2. The zero-order chi connectivity index (χ0) is 10.6. The van der Waals surface area contributed by atoms with E-state index >= 15 is 0 Å². The molecule has 6 heteroatoms. The summed E-state index contributed by atoms with van der Waals surface area (Å²) in [5.74, 6) is -4.58. The van der Waals surface area contributed by atoms with E-state index in [2.05, 4.69) is 10.6 Å². The van der Waals surface area contributed by atoms with Crippen LogP contribution in [0.3, 0.4) is 0 Å². The molecular formula is C8H14F2N2O2. The number of carbonyl (C=O) groups excluding carboxylic acids is 1. The Labute approximate surface area is 81.0 Å². The molecule has 1 aliphatic heterocycles. The van der Waals surface area contributed by atoms with Crippen molar-refractivity contribution < 1.29 is 18.3 Å². The highest BCUT2D eigenvalue weighted by Gasteiger charge is 2.32. The third-order valence-electron chi connectivity index (χ3n) is 1.89. The average Bonchev–Trinajstić information content (AvgIpc) is 2.14. The molecule has 1 unspecified atom stereocenters. The van der Waals surface area contributed by atoms with Crippen LogP contribution < -0.4 is 10.6 Å². The standard InChI is InChI=1S/C8H14F2N2O2/c1-8(9,10)7(13)12-5-6-4-11-2-3-14-6/h6,11H,2-5H2,1H3,(H,12,13). The SMILES string of the molecule is CC(F)(F)C(=O)NCC1CNCCO1. The van der Waals surface area contributed by atoms with Gasteiger partial charge in [-0.05, 0) is 0 Å². The summed E-state index contributed by atoms with van der Waals surface area (Å²) in [6, 6.07) is 0. The second-order valence-corrected chi connectivity index (χ2v) is 3.30. The fourth-order valence-electron chi connectivity index (χ4n) is 1.11. The molecule has 1 rings (SSSR count). The molecule has 0 spiro atoms. The first kappa shape index (κ1) is 11.3. The topological polar surface area (TPSA) is 50.4 Å². The first-order chi connectivity index (χ1) is 6.50. The monoisotopic (exact) mass is 208 g/mol. The Morgan fingerprint density at radius 3 is 2.93 bits per heavy atom. The Morgan fingerprint density at radius 1 is 1.71 bits per heavy atom. The van der Waals surface area contributed by atoms with Crippen molar-refractivity contribution in [2.24, 2.45) is 0 Å². The number of carbonyl (C=O) groups is 1. The van der Waals surface area contributed by atoms with Gasteiger partial charge in [0, 0.05) is 26.6 Å². The van der Waals surface area contributed by atoms with Gasteiger partial charge in [-0.3, -0.25) is 4.79 Å². The molecule has 0 aromatic rings. The fraction of sp³-hybridized carbons (Fsp3) is 0.875. The lowest BCUT2D eigenvalue weighted by molar-refractivity contribution is -0.143. The van der Waals surface area contributed by atoms with Crippen LogP contribution in [-0.2, 0) is 9.53 Å². The molecule has 1 saturated heterocycles. The van der Waals surface area contributed by atoms with Gasteiger partial charge in [0.2, 0.25) is 0 Å². The van der Waals surface area contributed by atoms with E-state index in [4.69, 9.17) is 4.74 Å². The van der Waals surface area contributed by atoms with Gasteiger partial charge in [-0.1, -0.05) is 0 Å². The smallest absolute Gasteiger partial charge is 0.321 e. The summed E-state index contributed by atoms with van der Waals surface area (Å²) in [7, 11) is 0. The molecule has 0 aromatic heterocycles. The Balaban J connectivity index is 2.22. The van der Waals surface area contributed by atoms with Crippen molar-refractivity contribution >= 4 is 5.91 Å². The van der Waals surface area contributed by atoms with Crippen molar-refractivity contribution in [3.05, 3.63) is 0 Å². The van der Waals surface area contributed by atoms with Crippen molar-refractivity contribution in [2.45, 2.75) is 19.0 Å². The van der Waals surface area contributed by atoms with E-state index < -0.39 is 11.8 Å². The van der Waals surface area contributed by atoms with Gasteiger partial charge in [-0.15, -0.1) is 0 Å². The number of hydrogen-bond donors (Lipinski definition) is 2. The van der Waals surface area contributed by atoms with Crippen LogP contribution in [0.25, 0.3) is 0 Å². The Bertz CT molecular complexity index is 200. The minimum atomic E-state index is -3.32. The molecule has 2 N–H and O–H groups in total. The van der Waals surface area contributed by atoms with Crippen molar-refractivity contribution in [1.29, 1.82) is 0 Å². The minimum absolute atomic E-state index is 0.120. The number of nitrogens with one attached hydrogen (secondary N) is 2. The number of alkyl halides is 2. The first-order valence-electron chi connectivity index (χ1n) is 4.48. The molecule has 0 radical (unpaired) electrons. The van der Waals surface area contributed by atoms with Crippen LogP contribution in [0.15, 0.2) is 0 Å². The molecule has 1 fully saturated rings. The minimum Gasteiger partial charge on any atom is -0.374 e. The lowest BCUT2D eigenvalue weighted by atomic mass is 10.3. The average molecular weight is 208 g/mol. The van der Waals surface area contributed by atoms with Crippen molar-refractivity contribution in [2.75, 3.05) is 26.2 Å². The second kappa shape index (κ2) is 4.65. The van der Waals surface area contributed by atoms with Crippen LogP contribution in [-0.4, -0.2) is 44.2 Å². The van der Waals surface area contributed by atoms with E-state index in [0.717, 1.165) is 6.54 Å². The number of ether oxygens (including phenoxy) is 1. The second-order valence-electron chi connectivity index (χ2n) is 3.30. The van der Waals surface area contributed by atoms with Gasteiger partial charge >= 0.3 is 5.92 Å². The van der Waals surface area contributed by atoms with Crippen LogP contribution in [0, 0.1) is 0 Å². The Kier molecular flexibility index (Phi) is 3.77. The van der Waals surface area contributed by atoms with Crippen LogP contribution in [0.4, 0.5) is 8.78 Å². The molecular weight excluding hydrogens is 194 g/mol. The van der Waals surface area contributed by atoms with Gasteiger partial charge in [0.25, 0.3) is 5.91 Å². The maximum Gasteiger partial charge on any atom is 0.321 e. The van der Waals surface area contributed by atoms with E-state index in [-0.39, 0.29) is 12.6 Å². The molecule has 4 nitrogen and oxygen atoms in total. The largest absolute Gasteiger partial charge is 0.374 e. The van der Waals surface area contributed by atoms with Gasteiger partial charge < -0.3 is 15.4 Å². The molecule has 0 bridgehead atoms. The highest BCUT2D eigenvalue weighted by molar-refractivity contribution is 5.82. The maximum atomic E-state index is 12.4. The molecule has 0 aromatic carbocycles. The predicted molar refractivity (Wildman–Crippen MR) is 46.2 cm³/mol. The Hall–Kier alpha value is -0.750. The van der Waals surface area contributed by atoms with Crippen LogP contribution >= 0.6 is 0 Å². The number of morpholine rings is 1. The normalized spacial score (nSPS) is 23.2. The van der Waals surface area contributed by atoms with E-state index in [9.17, 15) is 13.6 Å². The summed E-state index contributed by atoms with van der Waals surface area (Å²) in [6.07, 6.45) is -0.213. The van der Waals surface area contributed by atoms with E-state index in [1.54, 1.807) is 0 Å². The van der Waals surface area contributed by atoms with Crippen molar-refractivity contribution in [3.8, 4) is 0 Å². The number of hydrogen-bond acceptors (Lipinski definition) is 3. The molecule has 14 heavy (non-hydrogen) atoms. The maximum absolute atomic E-state index is 12.4. The van der Waals surface area contributed by atoms with Crippen LogP contribution in [0.5, 0.6) is 0 Å². The molecule has 1 aliphatic rings. The summed E-state index contributed by atoms with van der Waals surface area (Å²) in [6.45, 7) is 2.57. The predicted octanol–water partition coefficient (Wildman–Crippen LogP) is -0.254. The van der Waals surface area contributed by atoms with Crippen LogP contribution in [0.2, 0.25) is 0 Å². The highest BCUT2D eigenvalue weighted by atomic mass is 19.3. The summed E-state index contributed by atoms with van der Waals surface area (Å²) >= 11 is 0. The summed E-state index contributed by atoms with van der Waals surface area (Å²) in [5, 5.41) is 5.17. The summed E-state index contributed by atoms with van der Waals surface area (Å²) < 4.78 is 30.0. The lowest BCUT2D eigenvalue weighted by Crippen LogP contribution is -2.48. The zero-order valence-electron chi connectivity index (χ0n) is 7.98. The van der Waals surface area contributed by atoms with Gasteiger partial charge in [0.05, 0.1) is 12.7 Å². The summed E-state index contributed by atoms with van der Waals surface area (Å²) in [4.78, 5) is 10.8. The van der Waals surface area contributed by atoms with E-state index in [0.29, 0.717) is 20.1 Å². The highest BCUT2D eigenvalue weighted by Crippen LogP contribution is 2.10. The zero-order valence-corrected chi connectivity index (χ0v) is 7.98. The van der Waals surface area contributed by atoms with Crippen molar-refractivity contribution in [3.63, 3.8) is 0 Å². The quantitative estimate of drug-likeness (QED) is 0.672. The molecule has 1 atom stereocenters. The molecule has 0 saturated carbocycles.